The Kier molecular flexibility index (Phi) is 5.37. The Morgan fingerprint density at radius 2 is 1.89 bits per heavy atom. The van der Waals surface area contributed by atoms with Crippen molar-refractivity contribution in [3.05, 3.63) is 35.9 Å². The van der Waals surface area contributed by atoms with Crippen molar-refractivity contribution in [2.24, 2.45) is 0 Å². The van der Waals surface area contributed by atoms with Crippen LogP contribution in [0.5, 0.6) is 0 Å². The zero-order valence-corrected chi connectivity index (χ0v) is 11.8. The molecule has 0 aliphatic carbocycles. The van der Waals surface area contributed by atoms with Crippen LogP contribution in [0.1, 0.15) is 25.3 Å². The molecular weight excluding hydrogens is 238 g/mol. The summed E-state index contributed by atoms with van der Waals surface area (Å²) in [5.41, 5.74) is 0.705. The number of ether oxygens (including phenoxy) is 1. The predicted octanol–water partition coefficient (Wildman–Crippen LogP) is 2.09. The summed E-state index contributed by atoms with van der Waals surface area (Å²) in [4.78, 5) is 2.38. The summed E-state index contributed by atoms with van der Waals surface area (Å²) in [5, 5.41) is 10.7. The van der Waals surface area contributed by atoms with Gasteiger partial charge in [-0.2, -0.15) is 0 Å². The second-order valence-electron chi connectivity index (χ2n) is 5.43. The van der Waals surface area contributed by atoms with Gasteiger partial charge in [0.25, 0.3) is 0 Å². The zero-order chi connectivity index (χ0) is 13.6. The number of benzene rings is 1. The molecule has 0 atom stereocenters. The lowest BCUT2D eigenvalue weighted by atomic mass is 9.85. The van der Waals surface area contributed by atoms with Gasteiger partial charge >= 0.3 is 0 Å². The third kappa shape index (κ3) is 4.60. The van der Waals surface area contributed by atoms with Crippen LogP contribution in [0.25, 0.3) is 0 Å². The summed E-state index contributed by atoms with van der Waals surface area (Å²) < 4.78 is 5.38. The van der Waals surface area contributed by atoms with E-state index in [2.05, 4.69) is 17.0 Å². The number of nitrogens with zero attached hydrogens (tertiary/aromatic N) is 1. The summed E-state index contributed by atoms with van der Waals surface area (Å²) in [5.74, 6) is 0. The van der Waals surface area contributed by atoms with Gasteiger partial charge in [-0.15, -0.1) is 0 Å². The number of aliphatic hydroxyl groups is 1. The minimum Gasteiger partial charge on any atom is -0.389 e. The molecule has 106 valence electrons. The molecule has 0 saturated carbocycles. The second kappa shape index (κ2) is 7.04. The lowest BCUT2D eigenvalue weighted by Crippen LogP contribution is -2.46. The molecule has 1 aromatic rings. The minimum atomic E-state index is -0.524. The van der Waals surface area contributed by atoms with E-state index in [4.69, 9.17) is 4.74 Å². The Morgan fingerprint density at radius 3 is 2.53 bits per heavy atom. The van der Waals surface area contributed by atoms with E-state index in [1.165, 1.54) is 5.56 Å². The summed E-state index contributed by atoms with van der Waals surface area (Å²) >= 11 is 0. The van der Waals surface area contributed by atoms with Crippen molar-refractivity contribution >= 4 is 0 Å². The average Bonchev–Trinajstić information content (AvgIpc) is 2.42. The van der Waals surface area contributed by atoms with Gasteiger partial charge in [-0.25, -0.2) is 0 Å². The van der Waals surface area contributed by atoms with Crippen LogP contribution in [0.3, 0.4) is 0 Å². The van der Waals surface area contributed by atoms with Crippen LogP contribution >= 0.6 is 0 Å². The van der Waals surface area contributed by atoms with Crippen molar-refractivity contribution in [2.45, 2.75) is 31.8 Å². The molecule has 3 heteroatoms. The Morgan fingerprint density at radius 1 is 1.21 bits per heavy atom. The highest BCUT2D eigenvalue weighted by Gasteiger charge is 2.32. The monoisotopic (exact) mass is 263 g/mol. The maximum atomic E-state index is 10.7. The number of hydrogen-bond donors (Lipinski definition) is 1. The fourth-order valence-corrected chi connectivity index (χ4v) is 2.68. The maximum absolute atomic E-state index is 10.7. The molecule has 1 heterocycles. The SMILES string of the molecule is CCOCCN1CCC(O)(Cc2ccccc2)CC1. The van der Waals surface area contributed by atoms with E-state index >= 15 is 0 Å². The number of piperidine rings is 1. The molecule has 1 aromatic carbocycles. The van der Waals surface area contributed by atoms with Gasteiger partial charge < -0.3 is 14.7 Å². The summed E-state index contributed by atoms with van der Waals surface area (Å²) in [7, 11) is 0. The Labute approximate surface area is 116 Å². The first-order valence-corrected chi connectivity index (χ1v) is 7.28. The van der Waals surface area contributed by atoms with Crippen LogP contribution in [0, 0.1) is 0 Å². The third-order valence-electron chi connectivity index (χ3n) is 3.92. The van der Waals surface area contributed by atoms with Crippen molar-refractivity contribution in [3.8, 4) is 0 Å². The van der Waals surface area contributed by atoms with Crippen LogP contribution in [0.2, 0.25) is 0 Å². The molecule has 0 radical (unpaired) electrons. The van der Waals surface area contributed by atoms with Crippen LogP contribution < -0.4 is 0 Å². The molecule has 0 aromatic heterocycles. The molecule has 1 aliphatic rings. The van der Waals surface area contributed by atoms with Gasteiger partial charge in [0.05, 0.1) is 12.2 Å². The maximum Gasteiger partial charge on any atom is 0.0712 e. The molecule has 2 rings (SSSR count). The van der Waals surface area contributed by atoms with Crippen molar-refractivity contribution in [1.29, 1.82) is 0 Å². The third-order valence-corrected chi connectivity index (χ3v) is 3.92. The number of likely N-dealkylation sites (tertiary alicyclic amines) is 1. The average molecular weight is 263 g/mol. The second-order valence-corrected chi connectivity index (χ2v) is 5.43. The highest BCUT2D eigenvalue weighted by molar-refractivity contribution is 5.17. The van der Waals surface area contributed by atoms with E-state index in [1.807, 2.05) is 25.1 Å². The van der Waals surface area contributed by atoms with Crippen molar-refractivity contribution in [3.63, 3.8) is 0 Å². The first-order chi connectivity index (χ1) is 9.22. The van der Waals surface area contributed by atoms with Crippen LogP contribution in [-0.4, -0.2) is 48.5 Å². The van der Waals surface area contributed by atoms with Gasteiger partial charge in [-0.05, 0) is 25.3 Å². The van der Waals surface area contributed by atoms with Gasteiger partial charge in [-0.1, -0.05) is 30.3 Å². The van der Waals surface area contributed by atoms with E-state index in [0.29, 0.717) is 0 Å². The minimum absolute atomic E-state index is 0.524. The van der Waals surface area contributed by atoms with Crippen molar-refractivity contribution in [2.75, 3.05) is 32.8 Å². The summed E-state index contributed by atoms with van der Waals surface area (Å²) in [6.45, 7) is 6.52. The molecule has 0 unspecified atom stereocenters. The molecule has 0 amide bonds. The fourth-order valence-electron chi connectivity index (χ4n) is 2.68. The number of hydrogen-bond acceptors (Lipinski definition) is 3. The van der Waals surface area contributed by atoms with Gasteiger partial charge in [0, 0.05) is 32.7 Å². The van der Waals surface area contributed by atoms with E-state index in [1.54, 1.807) is 0 Å². The fraction of sp³-hybridized carbons (Fsp3) is 0.625. The molecule has 3 nitrogen and oxygen atoms in total. The van der Waals surface area contributed by atoms with E-state index in [-0.39, 0.29) is 0 Å². The van der Waals surface area contributed by atoms with Crippen molar-refractivity contribution < 1.29 is 9.84 Å². The highest BCUT2D eigenvalue weighted by atomic mass is 16.5. The molecule has 19 heavy (non-hydrogen) atoms. The Hall–Kier alpha value is -0.900. The van der Waals surface area contributed by atoms with Crippen LogP contribution in [0.15, 0.2) is 30.3 Å². The summed E-state index contributed by atoms with van der Waals surface area (Å²) in [6.07, 6.45) is 2.48. The first kappa shape index (κ1) is 14.5. The van der Waals surface area contributed by atoms with Crippen LogP contribution in [-0.2, 0) is 11.2 Å². The van der Waals surface area contributed by atoms with Gasteiger partial charge in [0.2, 0.25) is 0 Å². The zero-order valence-electron chi connectivity index (χ0n) is 11.8. The smallest absolute Gasteiger partial charge is 0.0712 e. The topological polar surface area (TPSA) is 32.7 Å². The summed E-state index contributed by atoms with van der Waals surface area (Å²) in [6, 6.07) is 10.3. The van der Waals surface area contributed by atoms with Gasteiger partial charge in [-0.3, -0.25) is 0 Å². The van der Waals surface area contributed by atoms with Crippen LogP contribution in [0.4, 0.5) is 0 Å². The quantitative estimate of drug-likeness (QED) is 0.798. The van der Waals surface area contributed by atoms with E-state index in [9.17, 15) is 5.11 Å². The Balaban J connectivity index is 1.78. The highest BCUT2D eigenvalue weighted by Crippen LogP contribution is 2.26. The first-order valence-electron chi connectivity index (χ1n) is 7.28. The Bertz CT molecular complexity index is 358. The molecule has 1 fully saturated rings. The predicted molar refractivity (Wildman–Crippen MR) is 77.3 cm³/mol. The van der Waals surface area contributed by atoms with Crippen molar-refractivity contribution in [1.82, 2.24) is 4.90 Å². The van der Waals surface area contributed by atoms with E-state index < -0.39 is 5.60 Å². The normalized spacial score (nSPS) is 19.5. The molecule has 0 spiro atoms. The van der Waals surface area contributed by atoms with E-state index in [0.717, 1.165) is 52.1 Å². The molecule has 1 aliphatic heterocycles. The van der Waals surface area contributed by atoms with Gasteiger partial charge in [0.1, 0.15) is 0 Å². The molecule has 1 saturated heterocycles. The number of rotatable bonds is 6. The molecule has 0 bridgehead atoms. The largest absolute Gasteiger partial charge is 0.389 e. The van der Waals surface area contributed by atoms with Gasteiger partial charge in [0.15, 0.2) is 0 Å². The standard InChI is InChI=1S/C16H25NO2/c1-2-19-13-12-17-10-8-16(18,9-11-17)14-15-6-4-3-5-7-15/h3-7,18H,2,8-14H2,1H3. The molecule has 1 N–H and O–H groups in total. The lowest BCUT2D eigenvalue weighted by molar-refractivity contribution is -0.0257. The lowest BCUT2D eigenvalue weighted by Gasteiger charge is -2.38. The molecular formula is C16H25NO2.